The minimum Gasteiger partial charge on any atom is -0.299 e. The lowest BCUT2D eigenvalue weighted by Crippen LogP contribution is -2.31. The average molecular weight is 285 g/mol. The second kappa shape index (κ2) is 4.28. The van der Waals surface area contributed by atoms with E-state index in [9.17, 15) is 9.18 Å². The predicted molar refractivity (Wildman–Crippen MR) is 64.9 cm³/mol. The van der Waals surface area contributed by atoms with E-state index in [1.54, 1.807) is 19.1 Å². The van der Waals surface area contributed by atoms with Crippen LogP contribution in [0.4, 0.5) is 4.39 Å². The summed E-state index contributed by atoms with van der Waals surface area (Å²) in [7, 11) is 0. The van der Waals surface area contributed by atoms with E-state index in [0.717, 1.165) is 30.2 Å². The summed E-state index contributed by atoms with van der Waals surface area (Å²) in [6.07, 6.45) is 3.56. The van der Waals surface area contributed by atoms with Crippen LogP contribution in [0.1, 0.15) is 38.2 Å². The van der Waals surface area contributed by atoms with Crippen LogP contribution in [0.15, 0.2) is 22.7 Å². The number of Topliss-reactive ketones (excluding diaryl/α,β-unsaturated/α-hetero) is 1. The van der Waals surface area contributed by atoms with Crippen LogP contribution in [-0.2, 0) is 10.2 Å². The van der Waals surface area contributed by atoms with Gasteiger partial charge in [0.15, 0.2) is 0 Å². The Balaban J connectivity index is 2.55. The number of ketones is 1. The normalized spacial score (nSPS) is 18.7. The molecule has 1 aromatic carbocycles. The van der Waals surface area contributed by atoms with Gasteiger partial charge in [0.2, 0.25) is 0 Å². The van der Waals surface area contributed by atoms with Crippen molar-refractivity contribution in [2.24, 2.45) is 0 Å². The minimum atomic E-state index is -0.576. The Morgan fingerprint density at radius 2 is 2.00 bits per heavy atom. The smallest absolute Gasteiger partial charge is 0.140 e. The van der Waals surface area contributed by atoms with E-state index in [4.69, 9.17) is 0 Å². The second-order valence-electron chi connectivity index (χ2n) is 4.47. The van der Waals surface area contributed by atoms with Crippen molar-refractivity contribution in [1.82, 2.24) is 0 Å². The largest absolute Gasteiger partial charge is 0.299 e. The number of carbonyl (C=O) groups excluding carboxylic acids is 1. The van der Waals surface area contributed by atoms with Gasteiger partial charge in [0.05, 0.1) is 5.41 Å². The van der Waals surface area contributed by atoms with Gasteiger partial charge in [-0.25, -0.2) is 4.39 Å². The van der Waals surface area contributed by atoms with E-state index in [1.807, 2.05) is 0 Å². The first kappa shape index (κ1) is 11.8. The number of hydrogen-bond donors (Lipinski definition) is 0. The van der Waals surface area contributed by atoms with Crippen molar-refractivity contribution in [1.29, 1.82) is 0 Å². The summed E-state index contributed by atoms with van der Waals surface area (Å²) in [5, 5.41) is 0. The molecule has 0 aliphatic heterocycles. The van der Waals surface area contributed by atoms with Gasteiger partial charge in [-0.15, -0.1) is 0 Å². The zero-order valence-corrected chi connectivity index (χ0v) is 10.8. The topological polar surface area (TPSA) is 17.1 Å². The van der Waals surface area contributed by atoms with Gasteiger partial charge in [0.1, 0.15) is 11.6 Å². The predicted octanol–water partition coefficient (Wildman–Crippen LogP) is 3.99. The van der Waals surface area contributed by atoms with Gasteiger partial charge in [-0.2, -0.15) is 0 Å². The lowest BCUT2D eigenvalue weighted by molar-refractivity contribution is -0.122. The van der Waals surface area contributed by atoms with Crippen LogP contribution in [0, 0.1) is 5.82 Å². The third-order valence-electron chi connectivity index (χ3n) is 3.58. The maximum atomic E-state index is 13.9. The minimum absolute atomic E-state index is 0.0852. The Morgan fingerprint density at radius 1 is 1.38 bits per heavy atom. The molecule has 0 spiro atoms. The molecular formula is C13H14BrFO. The number of benzene rings is 1. The summed E-state index contributed by atoms with van der Waals surface area (Å²) in [4.78, 5) is 11.8. The molecule has 0 heterocycles. The number of rotatable bonds is 2. The highest BCUT2D eigenvalue weighted by atomic mass is 79.9. The van der Waals surface area contributed by atoms with Crippen molar-refractivity contribution in [3.63, 3.8) is 0 Å². The maximum Gasteiger partial charge on any atom is 0.140 e. The van der Waals surface area contributed by atoms with Crippen molar-refractivity contribution in [3.05, 3.63) is 34.1 Å². The summed E-state index contributed by atoms with van der Waals surface area (Å²) in [5.74, 6) is -0.178. The fraction of sp³-hybridized carbons (Fsp3) is 0.462. The van der Waals surface area contributed by atoms with Gasteiger partial charge < -0.3 is 0 Å². The van der Waals surface area contributed by atoms with Crippen LogP contribution in [0.25, 0.3) is 0 Å². The van der Waals surface area contributed by atoms with E-state index in [0.29, 0.717) is 5.56 Å². The fourth-order valence-electron chi connectivity index (χ4n) is 2.65. The first-order chi connectivity index (χ1) is 7.56. The van der Waals surface area contributed by atoms with Crippen molar-refractivity contribution in [3.8, 4) is 0 Å². The second-order valence-corrected chi connectivity index (χ2v) is 5.39. The summed E-state index contributed by atoms with van der Waals surface area (Å²) in [6, 6.07) is 4.85. The van der Waals surface area contributed by atoms with Crippen molar-refractivity contribution < 1.29 is 9.18 Å². The molecule has 3 heteroatoms. The molecule has 0 N–H and O–H groups in total. The quantitative estimate of drug-likeness (QED) is 0.803. The van der Waals surface area contributed by atoms with Crippen molar-refractivity contribution in [2.75, 3.05) is 0 Å². The highest BCUT2D eigenvalue weighted by Gasteiger charge is 2.41. The van der Waals surface area contributed by atoms with E-state index in [-0.39, 0.29) is 11.6 Å². The van der Waals surface area contributed by atoms with E-state index in [1.165, 1.54) is 6.07 Å². The molecule has 0 saturated heterocycles. The van der Waals surface area contributed by atoms with Gasteiger partial charge >= 0.3 is 0 Å². The van der Waals surface area contributed by atoms with Gasteiger partial charge in [-0.05, 0) is 38.0 Å². The molecule has 2 rings (SSSR count). The van der Waals surface area contributed by atoms with Crippen LogP contribution in [-0.4, -0.2) is 5.78 Å². The molecule has 1 fully saturated rings. The van der Waals surface area contributed by atoms with Crippen LogP contribution in [0.2, 0.25) is 0 Å². The molecule has 0 bridgehead atoms. The molecule has 16 heavy (non-hydrogen) atoms. The Bertz CT molecular complexity index is 422. The van der Waals surface area contributed by atoms with Gasteiger partial charge in [0, 0.05) is 10.0 Å². The van der Waals surface area contributed by atoms with E-state index in [2.05, 4.69) is 15.9 Å². The molecule has 1 aliphatic carbocycles. The van der Waals surface area contributed by atoms with Crippen LogP contribution < -0.4 is 0 Å². The molecule has 1 aromatic rings. The first-order valence-corrected chi connectivity index (χ1v) is 6.32. The first-order valence-electron chi connectivity index (χ1n) is 5.53. The van der Waals surface area contributed by atoms with Crippen LogP contribution in [0.3, 0.4) is 0 Å². The highest BCUT2D eigenvalue weighted by molar-refractivity contribution is 9.10. The summed E-state index contributed by atoms with van der Waals surface area (Å²) in [5.41, 5.74) is -0.0136. The SMILES string of the molecule is CC(=O)C1(c2cc(Br)ccc2F)CCCC1. The lowest BCUT2D eigenvalue weighted by atomic mass is 9.75. The Morgan fingerprint density at radius 3 is 2.56 bits per heavy atom. The van der Waals surface area contributed by atoms with Gasteiger partial charge in [0.25, 0.3) is 0 Å². The van der Waals surface area contributed by atoms with Crippen LogP contribution in [0.5, 0.6) is 0 Å². The summed E-state index contributed by atoms with van der Waals surface area (Å²) < 4.78 is 14.7. The monoisotopic (exact) mass is 284 g/mol. The molecule has 1 aliphatic rings. The molecule has 1 saturated carbocycles. The average Bonchev–Trinajstić information content (AvgIpc) is 2.71. The molecule has 0 amide bonds. The maximum absolute atomic E-state index is 13.9. The molecule has 86 valence electrons. The van der Waals surface area contributed by atoms with Crippen molar-refractivity contribution in [2.45, 2.75) is 38.0 Å². The summed E-state index contributed by atoms with van der Waals surface area (Å²) >= 11 is 3.34. The molecule has 0 radical (unpaired) electrons. The van der Waals surface area contributed by atoms with Gasteiger partial charge in [-0.3, -0.25) is 4.79 Å². The number of hydrogen-bond acceptors (Lipinski definition) is 1. The number of carbonyl (C=O) groups is 1. The third-order valence-corrected chi connectivity index (χ3v) is 4.07. The molecule has 0 aromatic heterocycles. The van der Waals surface area contributed by atoms with Crippen molar-refractivity contribution >= 4 is 21.7 Å². The zero-order chi connectivity index (χ0) is 11.8. The Hall–Kier alpha value is -0.700. The third kappa shape index (κ3) is 1.81. The molecular weight excluding hydrogens is 271 g/mol. The van der Waals surface area contributed by atoms with Gasteiger partial charge in [-0.1, -0.05) is 28.8 Å². The highest BCUT2D eigenvalue weighted by Crippen LogP contribution is 2.43. The molecule has 1 nitrogen and oxygen atoms in total. The Labute approximate surface area is 103 Å². The molecule has 0 unspecified atom stereocenters. The summed E-state index contributed by atoms with van der Waals surface area (Å²) in [6.45, 7) is 1.58. The standard InChI is InChI=1S/C13H14BrFO/c1-9(16)13(6-2-3-7-13)11-8-10(14)4-5-12(11)15/h4-5,8H,2-3,6-7H2,1H3. The van der Waals surface area contributed by atoms with Crippen LogP contribution >= 0.6 is 15.9 Å². The fourth-order valence-corrected chi connectivity index (χ4v) is 3.01. The van der Waals surface area contributed by atoms with E-state index >= 15 is 0 Å². The lowest BCUT2D eigenvalue weighted by Gasteiger charge is -2.27. The molecule has 0 atom stereocenters. The zero-order valence-electron chi connectivity index (χ0n) is 9.22. The Kier molecular flexibility index (Phi) is 3.15. The van der Waals surface area contributed by atoms with E-state index < -0.39 is 5.41 Å². The number of halogens is 2.